The molecule has 0 rings (SSSR count). The van der Waals surface area contributed by atoms with Crippen LogP contribution in [0.2, 0.25) is 0 Å². The van der Waals surface area contributed by atoms with Crippen LogP contribution < -0.4 is 0 Å². The lowest BCUT2D eigenvalue weighted by Gasteiger charge is -2.02. The van der Waals surface area contributed by atoms with Gasteiger partial charge in [0, 0.05) is 0 Å². The molecule has 0 N–H and O–H groups in total. The summed E-state index contributed by atoms with van der Waals surface area (Å²) in [5.41, 5.74) is 3.02. The molecule has 0 aromatic carbocycles. The summed E-state index contributed by atoms with van der Waals surface area (Å²) in [5, 5.41) is 0. The van der Waals surface area contributed by atoms with Crippen LogP contribution in [0.5, 0.6) is 0 Å². The second-order valence-electron chi connectivity index (χ2n) is 3.00. The molecule has 65 valence electrons. The summed E-state index contributed by atoms with van der Waals surface area (Å²) >= 11 is 2.00. The van der Waals surface area contributed by atoms with E-state index < -0.39 is 0 Å². The van der Waals surface area contributed by atoms with Crippen LogP contribution in [-0.4, -0.2) is 11.5 Å². The van der Waals surface area contributed by atoms with Crippen LogP contribution in [0.15, 0.2) is 11.1 Å². The zero-order valence-electron chi connectivity index (χ0n) is 7.94. The highest BCUT2D eigenvalue weighted by Crippen LogP contribution is 2.12. The van der Waals surface area contributed by atoms with E-state index in [1.165, 1.54) is 23.5 Å². The van der Waals surface area contributed by atoms with Crippen LogP contribution in [0.1, 0.15) is 33.6 Å². The molecule has 0 bridgehead atoms. The first kappa shape index (κ1) is 11.1. The molecule has 0 spiro atoms. The summed E-state index contributed by atoms with van der Waals surface area (Å²) in [7, 11) is 0. The molecule has 0 aromatic heterocycles. The van der Waals surface area contributed by atoms with Crippen LogP contribution in [0.3, 0.4) is 0 Å². The summed E-state index contributed by atoms with van der Waals surface area (Å²) in [5.74, 6) is 2.46. The highest BCUT2D eigenvalue weighted by atomic mass is 32.2. The highest BCUT2D eigenvalue weighted by molar-refractivity contribution is 7.99. The smallest absolute Gasteiger partial charge is 0.00302 e. The third kappa shape index (κ3) is 6.49. The van der Waals surface area contributed by atoms with E-state index in [2.05, 4.69) is 27.7 Å². The molecular formula is C10H19S. The van der Waals surface area contributed by atoms with E-state index in [-0.39, 0.29) is 0 Å². The predicted octanol–water partition coefficient (Wildman–Crippen LogP) is 3.69. The van der Waals surface area contributed by atoms with Crippen molar-refractivity contribution in [2.75, 3.05) is 11.5 Å². The normalized spacial score (nSPS) is 9.82. The molecule has 0 atom stereocenters. The molecule has 0 amide bonds. The Hall–Kier alpha value is 0.0900. The molecule has 0 saturated heterocycles. The maximum absolute atomic E-state index is 3.80. The van der Waals surface area contributed by atoms with Crippen molar-refractivity contribution in [1.29, 1.82) is 0 Å². The van der Waals surface area contributed by atoms with Gasteiger partial charge in [-0.3, -0.25) is 0 Å². The number of hydrogen-bond acceptors (Lipinski definition) is 1. The number of allylic oxidation sites excluding steroid dienone is 2. The van der Waals surface area contributed by atoms with Crippen molar-refractivity contribution in [3.8, 4) is 0 Å². The van der Waals surface area contributed by atoms with Crippen molar-refractivity contribution in [3.63, 3.8) is 0 Å². The average Bonchev–Trinajstić information content (AvgIpc) is 1.97. The van der Waals surface area contributed by atoms with E-state index in [9.17, 15) is 0 Å². The Balaban J connectivity index is 3.32. The maximum Gasteiger partial charge on any atom is -0.00302 e. The van der Waals surface area contributed by atoms with Crippen molar-refractivity contribution in [3.05, 3.63) is 18.1 Å². The fourth-order valence-corrected chi connectivity index (χ4v) is 1.54. The topological polar surface area (TPSA) is 0 Å². The van der Waals surface area contributed by atoms with E-state index in [4.69, 9.17) is 0 Å². The molecule has 0 unspecified atom stereocenters. The summed E-state index contributed by atoms with van der Waals surface area (Å²) in [6.45, 7) is 10.4. The van der Waals surface area contributed by atoms with Gasteiger partial charge in [0.2, 0.25) is 0 Å². The third-order valence-electron chi connectivity index (χ3n) is 1.76. The summed E-state index contributed by atoms with van der Waals surface area (Å²) < 4.78 is 0. The third-order valence-corrected chi connectivity index (χ3v) is 2.83. The minimum Gasteiger partial charge on any atom is -0.162 e. The minimum absolute atomic E-state index is 1.05. The molecule has 11 heavy (non-hydrogen) atoms. The molecule has 0 nitrogen and oxygen atoms in total. The Morgan fingerprint density at radius 1 is 1.18 bits per heavy atom. The van der Waals surface area contributed by atoms with Crippen LogP contribution in [0.25, 0.3) is 0 Å². The molecule has 0 saturated carbocycles. The predicted molar refractivity (Wildman–Crippen MR) is 56.0 cm³/mol. The number of rotatable bonds is 5. The first-order chi connectivity index (χ1) is 5.18. The van der Waals surface area contributed by atoms with Crippen LogP contribution in [0.4, 0.5) is 0 Å². The van der Waals surface area contributed by atoms with Crippen molar-refractivity contribution in [2.45, 2.75) is 33.6 Å². The van der Waals surface area contributed by atoms with E-state index in [0.29, 0.717) is 0 Å². The van der Waals surface area contributed by atoms with Crippen molar-refractivity contribution < 1.29 is 0 Å². The Labute approximate surface area is 75.5 Å². The molecule has 0 aromatic rings. The van der Waals surface area contributed by atoms with Crippen molar-refractivity contribution in [1.82, 2.24) is 0 Å². The van der Waals surface area contributed by atoms with E-state index in [0.717, 1.165) is 6.42 Å². The van der Waals surface area contributed by atoms with E-state index in [1.54, 1.807) is 5.57 Å². The largest absolute Gasteiger partial charge is 0.162 e. The van der Waals surface area contributed by atoms with Crippen LogP contribution in [0, 0.1) is 6.92 Å². The van der Waals surface area contributed by atoms with Gasteiger partial charge >= 0.3 is 0 Å². The van der Waals surface area contributed by atoms with Gasteiger partial charge in [0.25, 0.3) is 0 Å². The SMILES string of the molecule is [CH2]CCSCCC(C)=C(C)C. The fourth-order valence-electron chi connectivity index (χ4n) is 0.679. The zero-order valence-corrected chi connectivity index (χ0v) is 8.76. The maximum atomic E-state index is 3.80. The summed E-state index contributed by atoms with van der Waals surface area (Å²) in [6, 6.07) is 0. The molecule has 0 fully saturated rings. The molecule has 0 aliphatic heterocycles. The average molecular weight is 171 g/mol. The van der Waals surface area contributed by atoms with E-state index >= 15 is 0 Å². The van der Waals surface area contributed by atoms with Crippen LogP contribution in [-0.2, 0) is 0 Å². The lowest BCUT2D eigenvalue weighted by molar-refractivity contribution is 1.06. The quantitative estimate of drug-likeness (QED) is 0.449. The monoisotopic (exact) mass is 171 g/mol. The summed E-state index contributed by atoms with van der Waals surface area (Å²) in [6.07, 6.45) is 2.30. The molecule has 1 heteroatoms. The Kier molecular flexibility index (Phi) is 6.83. The lowest BCUT2D eigenvalue weighted by Crippen LogP contribution is -1.86. The molecule has 0 aliphatic rings. The Morgan fingerprint density at radius 3 is 2.27 bits per heavy atom. The number of thioether (sulfide) groups is 1. The fraction of sp³-hybridized carbons (Fsp3) is 0.700. The van der Waals surface area contributed by atoms with Crippen molar-refractivity contribution in [2.24, 2.45) is 0 Å². The van der Waals surface area contributed by atoms with E-state index in [1.807, 2.05) is 11.8 Å². The van der Waals surface area contributed by atoms with Gasteiger partial charge in [-0.25, -0.2) is 0 Å². The van der Waals surface area contributed by atoms with Gasteiger partial charge in [-0.05, 0) is 45.1 Å². The number of hydrogen-bond donors (Lipinski definition) is 0. The van der Waals surface area contributed by atoms with Gasteiger partial charge in [-0.2, -0.15) is 11.8 Å². The van der Waals surface area contributed by atoms with Gasteiger partial charge in [0.05, 0.1) is 0 Å². The molecule has 0 aliphatic carbocycles. The lowest BCUT2D eigenvalue weighted by atomic mass is 10.1. The molecular weight excluding hydrogens is 152 g/mol. The van der Waals surface area contributed by atoms with Gasteiger partial charge in [0.15, 0.2) is 0 Å². The zero-order chi connectivity index (χ0) is 8.69. The first-order valence-electron chi connectivity index (χ1n) is 4.18. The first-order valence-corrected chi connectivity index (χ1v) is 5.34. The van der Waals surface area contributed by atoms with Gasteiger partial charge < -0.3 is 0 Å². The minimum atomic E-state index is 1.05. The van der Waals surface area contributed by atoms with Gasteiger partial charge in [-0.15, -0.1) is 0 Å². The second-order valence-corrected chi connectivity index (χ2v) is 4.22. The molecule has 1 radical (unpaired) electrons. The Bertz CT molecular complexity index is 121. The van der Waals surface area contributed by atoms with Gasteiger partial charge in [0.1, 0.15) is 0 Å². The molecule has 0 heterocycles. The van der Waals surface area contributed by atoms with Gasteiger partial charge in [-0.1, -0.05) is 18.1 Å². The standard InChI is InChI=1S/C10H19S/c1-5-7-11-8-6-10(4)9(2)3/h1,5-8H2,2-4H3. The summed E-state index contributed by atoms with van der Waals surface area (Å²) in [4.78, 5) is 0. The Morgan fingerprint density at radius 2 is 1.82 bits per heavy atom. The van der Waals surface area contributed by atoms with Crippen molar-refractivity contribution >= 4 is 11.8 Å². The van der Waals surface area contributed by atoms with Crippen LogP contribution >= 0.6 is 11.8 Å². The highest BCUT2D eigenvalue weighted by Gasteiger charge is 1.92. The second kappa shape index (κ2) is 6.78.